The van der Waals surface area contributed by atoms with Gasteiger partial charge in [-0.05, 0) is 49.9 Å². The van der Waals surface area contributed by atoms with Gasteiger partial charge < -0.3 is 10.2 Å². The molecule has 2 unspecified atom stereocenters. The molecule has 4 nitrogen and oxygen atoms in total. The highest BCUT2D eigenvalue weighted by Gasteiger charge is 2.48. The Balaban J connectivity index is 1.74. The van der Waals surface area contributed by atoms with Crippen LogP contribution in [0.1, 0.15) is 58.8 Å². The maximum atomic E-state index is 12.8. The van der Waals surface area contributed by atoms with Gasteiger partial charge in [-0.25, -0.2) is 0 Å². The Hall–Kier alpha value is -1.06. The van der Waals surface area contributed by atoms with Crippen molar-refractivity contribution in [3.05, 3.63) is 0 Å². The summed E-state index contributed by atoms with van der Waals surface area (Å²) in [5.74, 6) is 1.72. The molecule has 0 aromatic carbocycles. The number of rotatable bonds is 5. The smallest absolute Gasteiger partial charge is 0.245 e. The first-order valence-corrected chi connectivity index (χ1v) is 8.67. The van der Waals surface area contributed by atoms with Crippen LogP contribution in [0.25, 0.3) is 0 Å². The van der Waals surface area contributed by atoms with Crippen LogP contribution in [0.5, 0.6) is 0 Å². The van der Waals surface area contributed by atoms with Crippen molar-refractivity contribution < 1.29 is 9.59 Å². The Morgan fingerprint density at radius 3 is 2.38 bits per heavy atom. The number of amides is 2. The molecule has 4 heteroatoms. The molecule has 2 saturated carbocycles. The summed E-state index contributed by atoms with van der Waals surface area (Å²) in [6.07, 6.45) is 7.95. The van der Waals surface area contributed by atoms with Crippen LogP contribution in [0.2, 0.25) is 0 Å². The fraction of sp³-hybridized carbons (Fsp3) is 0.882. The van der Waals surface area contributed by atoms with Crippen LogP contribution in [0, 0.1) is 17.8 Å². The predicted octanol–water partition coefficient (Wildman–Crippen LogP) is 2.33. The van der Waals surface area contributed by atoms with Crippen molar-refractivity contribution in [2.75, 3.05) is 6.54 Å². The van der Waals surface area contributed by atoms with E-state index in [9.17, 15) is 9.59 Å². The zero-order valence-electron chi connectivity index (χ0n) is 13.3. The van der Waals surface area contributed by atoms with Gasteiger partial charge in [0.15, 0.2) is 0 Å². The van der Waals surface area contributed by atoms with Crippen molar-refractivity contribution in [1.29, 1.82) is 0 Å². The second kappa shape index (κ2) is 5.98. The monoisotopic (exact) mass is 292 g/mol. The molecule has 1 aliphatic heterocycles. The summed E-state index contributed by atoms with van der Waals surface area (Å²) in [5, 5.41) is 2.99. The number of hydrogen-bond donors (Lipinski definition) is 1. The third kappa shape index (κ3) is 3.24. The molecule has 1 heterocycles. The number of nitrogens with one attached hydrogen (secondary N) is 1. The van der Waals surface area contributed by atoms with Crippen LogP contribution in [0.15, 0.2) is 0 Å². The third-order valence-corrected chi connectivity index (χ3v) is 5.21. The van der Waals surface area contributed by atoms with Gasteiger partial charge in [0.1, 0.15) is 12.1 Å². The Bertz CT molecular complexity index is 411. The standard InChI is InChI=1S/C17H28N2O2/c1-11(2)9-14-17(21)19(10-12-5-3-4-6-12)15(13-7-8-13)16(20)18-14/h11-15H,3-10H2,1-2H3,(H,18,20). The minimum absolute atomic E-state index is 0.0979. The molecule has 3 rings (SSSR count). The molecule has 118 valence electrons. The lowest BCUT2D eigenvalue weighted by Crippen LogP contribution is -2.64. The molecule has 0 bridgehead atoms. The van der Waals surface area contributed by atoms with Crippen molar-refractivity contribution in [2.24, 2.45) is 17.8 Å². The van der Waals surface area contributed by atoms with Crippen molar-refractivity contribution in [1.82, 2.24) is 10.2 Å². The minimum Gasteiger partial charge on any atom is -0.342 e. The fourth-order valence-electron chi connectivity index (χ4n) is 3.98. The lowest BCUT2D eigenvalue weighted by atomic mass is 9.95. The highest BCUT2D eigenvalue weighted by atomic mass is 16.2. The Labute approximate surface area is 127 Å². The zero-order chi connectivity index (χ0) is 15.0. The quantitative estimate of drug-likeness (QED) is 0.845. The van der Waals surface area contributed by atoms with Gasteiger partial charge in [-0.2, -0.15) is 0 Å². The van der Waals surface area contributed by atoms with E-state index in [0.29, 0.717) is 17.8 Å². The van der Waals surface area contributed by atoms with Gasteiger partial charge in [0.05, 0.1) is 0 Å². The largest absolute Gasteiger partial charge is 0.342 e. The highest BCUT2D eigenvalue weighted by molar-refractivity contribution is 5.97. The topological polar surface area (TPSA) is 49.4 Å². The number of carbonyl (C=O) groups is 2. The van der Waals surface area contributed by atoms with Gasteiger partial charge in [-0.15, -0.1) is 0 Å². The number of piperazine rings is 1. The molecule has 1 N–H and O–H groups in total. The predicted molar refractivity (Wildman–Crippen MR) is 81.6 cm³/mol. The molecular formula is C17H28N2O2. The maximum absolute atomic E-state index is 12.8. The van der Waals surface area contributed by atoms with E-state index in [1.807, 2.05) is 4.90 Å². The summed E-state index contributed by atoms with van der Waals surface area (Å²) in [7, 11) is 0. The molecule has 3 fully saturated rings. The van der Waals surface area contributed by atoms with Crippen LogP contribution >= 0.6 is 0 Å². The van der Waals surface area contributed by atoms with Crippen LogP contribution in [0.3, 0.4) is 0 Å². The summed E-state index contributed by atoms with van der Waals surface area (Å²) in [6, 6.07) is -0.476. The average molecular weight is 292 g/mol. The van der Waals surface area contributed by atoms with E-state index in [0.717, 1.165) is 25.8 Å². The maximum Gasteiger partial charge on any atom is 0.245 e. The summed E-state index contributed by atoms with van der Waals surface area (Å²) in [4.78, 5) is 27.3. The van der Waals surface area contributed by atoms with Gasteiger partial charge in [0.2, 0.25) is 11.8 Å². The Kier molecular flexibility index (Phi) is 4.23. The van der Waals surface area contributed by atoms with Gasteiger partial charge in [-0.1, -0.05) is 26.7 Å². The summed E-state index contributed by atoms with van der Waals surface area (Å²) < 4.78 is 0. The van der Waals surface area contributed by atoms with E-state index in [4.69, 9.17) is 0 Å². The van der Waals surface area contributed by atoms with Gasteiger partial charge in [-0.3, -0.25) is 9.59 Å². The first-order chi connectivity index (χ1) is 10.1. The highest BCUT2D eigenvalue weighted by Crippen LogP contribution is 2.38. The van der Waals surface area contributed by atoms with Gasteiger partial charge in [0.25, 0.3) is 0 Å². The number of nitrogens with zero attached hydrogens (tertiary/aromatic N) is 1. The summed E-state index contributed by atoms with van der Waals surface area (Å²) in [6.45, 7) is 5.02. The van der Waals surface area contributed by atoms with Crippen LogP contribution in [-0.2, 0) is 9.59 Å². The number of hydrogen-bond acceptors (Lipinski definition) is 2. The molecule has 21 heavy (non-hydrogen) atoms. The van der Waals surface area contributed by atoms with E-state index in [2.05, 4.69) is 19.2 Å². The van der Waals surface area contributed by atoms with Gasteiger partial charge in [0, 0.05) is 6.54 Å². The van der Waals surface area contributed by atoms with E-state index >= 15 is 0 Å². The Morgan fingerprint density at radius 1 is 1.14 bits per heavy atom. The van der Waals surface area contributed by atoms with E-state index in [1.54, 1.807) is 0 Å². The van der Waals surface area contributed by atoms with Crippen molar-refractivity contribution in [2.45, 2.75) is 70.9 Å². The first kappa shape index (κ1) is 14.9. The van der Waals surface area contributed by atoms with Crippen molar-refractivity contribution in [3.63, 3.8) is 0 Å². The zero-order valence-corrected chi connectivity index (χ0v) is 13.3. The lowest BCUT2D eigenvalue weighted by molar-refractivity contribution is -0.151. The fourth-order valence-corrected chi connectivity index (χ4v) is 3.98. The normalized spacial score (nSPS) is 31.1. The van der Waals surface area contributed by atoms with Crippen LogP contribution in [0.4, 0.5) is 0 Å². The molecule has 0 aromatic heterocycles. The summed E-state index contributed by atoms with van der Waals surface area (Å²) >= 11 is 0. The Morgan fingerprint density at radius 2 is 1.81 bits per heavy atom. The second-order valence-electron chi connectivity index (χ2n) is 7.61. The average Bonchev–Trinajstić information content (AvgIpc) is 3.11. The van der Waals surface area contributed by atoms with Crippen molar-refractivity contribution in [3.8, 4) is 0 Å². The van der Waals surface area contributed by atoms with Crippen molar-refractivity contribution >= 4 is 11.8 Å². The second-order valence-corrected chi connectivity index (χ2v) is 7.61. The lowest BCUT2D eigenvalue weighted by Gasteiger charge is -2.41. The molecule has 2 amide bonds. The number of carbonyl (C=O) groups excluding carboxylic acids is 2. The molecular weight excluding hydrogens is 264 g/mol. The van der Waals surface area contributed by atoms with E-state index in [1.165, 1.54) is 25.7 Å². The molecule has 2 aliphatic carbocycles. The summed E-state index contributed by atoms with van der Waals surface area (Å²) in [5.41, 5.74) is 0. The van der Waals surface area contributed by atoms with Gasteiger partial charge >= 0.3 is 0 Å². The molecule has 2 atom stereocenters. The first-order valence-electron chi connectivity index (χ1n) is 8.67. The molecule has 3 aliphatic rings. The minimum atomic E-state index is -0.297. The molecule has 0 spiro atoms. The SMILES string of the molecule is CC(C)CC1NC(=O)C(C2CC2)N(CC2CCCC2)C1=O. The molecule has 0 aromatic rings. The molecule has 0 radical (unpaired) electrons. The van der Waals surface area contributed by atoms with Crippen LogP contribution in [-0.4, -0.2) is 35.3 Å². The van der Waals surface area contributed by atoms with E-state index in [-0.39, 0.29) is 23.9 Å². The van der Waals surface area contributed by atoms with Crippen LogP contribution < -0.4 is 5.32 Å². The third-order valence-electron chi connectivity index (χ3n) is 5.21. The molecule has 1 saturated heterocycles. The van der Waals surface area contributed by atoms with E-state index < -0.39 is 0 Å².